The molecule has 0 aliphatic carbocycles. The van der Waals surface area contributed by atoms with Crippen LogP contribution in [0.2, 0.25) is 0 Å². The first kappa shape index (κ1) is 18.2. The van der Waals surface area contributed by atoms with E-state index in [1.807, 2.05) is 12.1 Å². The van der Waals surface area contributed by atoms with Crippen molar-refractivity contribution in [3.8, 4) is 0 Å². The SMILES string of the molecule is O=C1CCCN1C(=O)CSc1nc2ccccc2c(=O)n1C[C@@H]1CCCO1. The van der Waals surface area contributed by atoms with Gasteiger partial charge in [-0.1, -0.05) is 23.9 Å². The first-order valence-electron chi connectivity index (χ1n) is 9.20. The monoisotopic (exact) mass is 387 g/mol. The van der Waals surface area contributed by atoms with Gasteiger partial charge in [0.2, 0.25) is 11.8 Å². The van der Waals surface area contributed by atoms with Gasteiger partial charge in [-0.2, -0.15) is 0 Å². The standard InChI is InChI=1S/C19H21N3O4S/c23-16-8-3-9-21(16)17(24)12-27-19-20-15-7-2-1-6-14(15)18(25)22(19)11-13-5-4-10-26-13/h1-2,6-7,13H,3-5,8-12H2/t13-/m0/s1. The maximum Gasteiger partial charge on any atom is 0.262 e. The molecular formula is C19H21N3O4S. The van der Waals surface area contributed by atoms with Gasteiger partial charge in [-0.25, -0.2) is 4.98 Å². The Hall–Kier alpha value is -2.19. The van der Waals surface area contributed by atoms with Crippen molar-refractivity contribution in [3.05, 3.63) is 34.6 Å². The number of hydrogen-bond acceptors (Lipinski definition) is 6. The lowest BCUT2D eigenvalue weighted by atomic mass is 10.2. The van der Waals surface area contributed by atoms with Gasteiger partial charge < -0.3 is 4.74 Å². The van der Waals surface area contributed by atoms with Crippen molar-refractivity contribution in [2.75, 3.05) is 18.9 Å². The molecule has 142 valence electrons. The number of thioether (sulfide) groups is 1. The molecule has 2 aliphatic rings. The molecule has 0 spiro atoms. The third kappa shape index (κ3) is 3.77. The zero-order chi connectivity index (χ0) is 18.8. The second-order valence-electron chi connectivity index (χ2n) is 6.79. The molecule has 1 aromatic heterocycles. The van der Waals surface area contributed by atoms with Crippen molar-refractivity contribution in [3.63, 3.8) is 0 Å². The maximum atomic E-state index is 13.0. The Kier molecular flexibility index (Phi) is 5.27. The smallest absolute Gasteiger partial charge is 0.262 e. The Morgan fingerprint density at radius 1 is 1.26 bits per heavy atom. The Morgan fingerprint density at radius 2 is 2.11 bits per heavy atom. The third-order valence-corrected chi connectivity index (χ3v) is 5.90. The highest BCUT2D eigenvalue weighted by atomic mass is 32.2. The van der Waals surface area contributed by atoms with Gasteiger partial charge in [0.25, 0.3) is 5.56 Å². The van der Waals surface area contributed by atoms with Crippen molar-refractivity contribution < 1.29 is 14.3 Å². The third-order valence-electron chi connectivity index (χ3n) is 4.94. The molecule has 1 atom stereocenters. The molecule has 2 aromatic rings. The van der Waals surface area contributed by atoms with Crippen molar-refractivity contribution >= 4 is 34.5 Å². The van der Waals surface area contributed by atoms with Crippen LogP contribution >= 0.6 is 11.8 Å². The van der Waals surface area contributed by atoms with Crippen LogP contribution < -0.4 is 5.56 Å². The quantitative estimate of drug-likeness (QED) is 0.575. The first-order valence-corrected chi connectivity index (χ1v) is 10.2. The van der Waals surface area contributed by atoms with Crippen molar-refractivity contribution in [1.82, 2.24) is 14.5 Å². The predicted molar refractivity (Wildman–Crippen MR) is 102 cm³/mol. The van der Waals surface area contributed by atoms with E-state index in [-0.39, 0.29) is 29.2 Å². The average molecular weight is 387 g/mol. The number of carbonyl (C=O) groups is 2. The number of benzene rings is 1. The molecule has 0 radical (unpaired) electrons. The van der Waals surface area contributed by atoms with E-state index < -0.39 is 0 Å². The number of nitrogens with zero attached hydrogens (tertiary/aromatic N) is 3. The fourth-order valence-electron chi connectivity index (χ4n) is 3.53. The minimum atomic E-state index is -0.228. The van der Waals surface area contributed by atoms with Gasteiger partial charge in [-0.3, -0.25) is 23.9 Å². The number of likely N-dealkylation sites (tertiary alicyclic amines) is 1. The maximum absolute atomic E-state index is 13.0. The summed E-state index contributed by atoms with van der Waals surface area (Å²) >= 11 is 1.21. The summed E-state index contributed by atoms with van der Waals surface area (Å²) in [5.74, 6) is -0.264. The van der Waals surface area contributed by atoms with E-state index in [0.29, 0.717) is 48.6 Å². The zero-order valence-corrected chi connectivity index (χ0v) is 15.7. The van der Waals surface area contributed by atoms with E-state index >= 15 is 0 Å². The van der Waals surface area contributed by atoms with Crippen LogP contribution in [0, 0.1) is 0 Å². The molecule has 2 saturated heterocycles. The van der Waals surface area contributed by atoms with E-state index in [4.69, 9.17) is 4.74 Å². The summed E-state index contributed by atoms with van der Waals surface area (Å²) < 4.78 is 7.30. The van der Waals surface area contributed by atoms with Crippen LogP contribution in [0.3, 0.4) is 0 Å². The van der Waals surface area contributed by atoms with Gasteiger partial charge in [0.15, 0.2) is 5.16 Å². The molecule has 7 nitrogen and oxygen atoms in total. The largest absolute Gasteiger partial charge is 0.376 e. The zero-order valence-electron chi connectivity index (χ0n) is 14.9. The van der Waals surface area contributed by atoms with E-state index in [2.05, 4.69) is 4.98 Å². The van der Waals surface area contributed by atoms with Gasteiger partial charge in [0, 0.05) is 19.6 Å². The minimum Gasteiger partial charge on any atom is -0.376 e. The molecule has 8 heteroatoms. The second kappa shape index (κ2) is 7.82. The Labute approximate surface area is 160 Å². The summed E-state index contributed by atoms with van der Waals surface area (Å²) in [6.45, 7) is 1.61. The lowest BCUT2D eigenvalue weighted by Crippen LogP contribution is -2.34. The number of carbonyl (C=O) groups excluding carboxylic acids is 2. The summed E-state index contributed by atoms with van der Waals surface area (Å²) in [4.78, 5) is 43.0. The van der Waals surface area contributed by atoms with Crippen LogP contribution in [-0.2, 0) is 20.9 Å². The number of rotatable bonds is 5. The van der Waals surface area contributed by atoms with Crippen LogP contribution in [0.25, 0.3) is 10.9 Å². The van der Waals surface area contributed by atoms with Gasteiger partial charge in [0.1, 0.15) is 0 Å². The van der Waals surface area contributed by atoms with E-state index in [1.54, 1.807) is 16.7 Å². The minimum absolute atomic E-state index is 0.0131. The van der Waals surface area contributed by atoms with Gasteiger partial charge in [-0.05, 0) is 31.4 Å². The number of amides is 2. The molecule has 2 amide bonds. The Morgan fingerprint density at radius 3 is 2.85 bits per heavy atom. The summed E-state index contributed by atoms with van der Waals surface area (Å²) in [6.07, 6.45) is 3.02. The molecule has 0 saturated carbocycles. The van der Waals surface area contributed by atoms with Crippen molar-refractivity contribution in [1.29, 1.82) is 0 Å². The lowest BCUT2D eigenvalue weighted by Gasteiger charge is -2.17. The summed E-state index contributed by atoms with van der Waals surface area (Å²) in [7, 11) is 0. The second-order valence-corrected chi connectivity index (χ2v) is 7.74. The predicted octanol–water partition coefficient (Wildman–Crippen LogP) is 1.82. The first-order chi connectivity index (χ1) is 13.1. The normalized spacial score (nSPS) is 19.9. The number of fused-ring (bicyclic) bond motifs is 1. The number of hydrogen-bond donors (Lipinski definition) is 0. The van der Waals surface area contributed by atoms with Crippen molar-refractivity contribution in [2.45, 2.75) is 43.5 Å². The van der Waals surface area contributed by atoms with Crippen LogP contribution in [0.5, 0.6) is 0 Å². The topological polar surface area (TPSA) is 81.5 Å². The Balaban J connectivity index is 1.62. The molecule has 4 rings (SSSR count). The number of aromatic nitrogens is 2. The lowest BCUT2D eigenvalue weighted by molar-refractivity contribution is -0.140. The Bertz CT molecular complexity index is 936. The molecule has 0 bridgehead atoms. The molecule has 27 heavy (non-hydrogen) atoms. The fourth-order valence-corrected chi connectivity index (χ4v) is 4.41. The molecule has 0 unspecified atom stereocenters. The van der Waals surface area contributed by atoms with E-state index in [0.717, 1.165) is 12.8 Å². The molecule has 0 N–H and O–H groups in total. The molecule has 2 fully saturated rings. The highest BCUT2D eigenvalue weighted by molar-refractivity contribution is 7.99. The highest BCUT2D eigenvalue weighted by Gasteiger charge is 2.27. The molecular weight excluding hydrogens is 366 g/mol. The number of imide groups is 1. The van der Waals surface area contributed by atoms with Gasteiger partial charge in [0.05, 0.1) is 29.3 Å². The molecule has 3 heterocycles. The number of para-hydroxylation sites is 1. The fraction of sp³-hybridized carbons (Fsp3) is 0.474. The molecule has 2 aliphatic heterocycles. The van der Waals surface area contributed by atoms with Gasteiger partial charge in [-0.15, -0.1) is 0 Å². The average Bonchev–Trinajstić information content (AvgIpc) is 3.34. The molecule has 1 aromatic carbocycles. The van der Waals surface area contributed by atoms with Crippen LogP contribution in [0.15, 0.2) is 34.2 Å². The van der Waals surface area contributed by atoms with Crippen LogP contribution in [-0.4, -0.2) is 51.3 Å². The van der Waals surface area contributed by atoms with Crippen LogP contribution in [0.4, 0.5) is 0 Å². The van der Waals surface area contributed by atoms with Gasteiger partial charge >= 0.3 is 0 Å². The highest BCUT2D eigenvalue weighted by Crippen LogP contribution is 2.22. The summed E-state index contributed by atoms with van der Waals surface area (Å²) in [6, 6.07) is 7.21. The summed E-state index contributed by atoms with van der Waals surface area (Å²) in [5.41, 5.74) is 0.488. The van der Waals surface area contributed by atoms with E-state index in [9.17, 15) is 14.4 Å². The summed E-state index contributed by atoms with van der Waals surface area (Å²) in [5, 5.41) is 1.05. The number of ether oxygens (including phenoxy) is 1. The van der Waals surface area contributed by atoms with Crippen molar-refractivity contribution in [2.24, 2.45) is 0 Å². The van der Waals surface area contributed by atoms with E-state index in [1.165, 1.54) is 16.7 Å². The van der Waals surface area contributed by atoms with Crippen LogP contribution in [0.1, 0.15) is 25.7 Å².